The van der Waals surface area contributed by atoms with Crippen molar-refractivity contribution in [2.75, 3.05) is 73.1 Å². The third kappa shape index (κ3) is 51.4. The van der Waals surface area contributed by atoms with Gasteiger partial charge in [-0.25, -0.2) is 4.79 Å². The zero-order valence-electron chi connectivity index (χ0n) is 40.7. The highest BCUT2D eigenvalue weighted by molar-refractivity contribution is 5.83. The van der Waals surface area contributed by atoms with Crippen LogP contribution in [0.15, 0.2) is 0 Å². The molecule has 1 unspecified atom stereocenters. The molecule has 0 bridgehead atoms. The Hall–Kier alpha value is -3.22. The number of carboxylic acid groups (broad SMARTS) is 1. The van der Waals surface area contributed by atoms with E-state index >= 15 is 0 Å². The van der Waals surface area contributed by atoms with Crippen LogP contribution in [-0.2, 0) is 47.7 Å². The summed E-state index contributed by atoms with van der Waals surface area (Å²) in [4.78, 5) is 67.0. The monoisotopic (exact) mass is 920 g/mol. The van der Waals surface area contributed by atoms with Gasteiger partial charge in [0.25, 0.3) is 0 Å². The van der Waals surface area contributed by atoms with Gasteiger partial charge in [0.15, 0.2) is 0 Å². The molecule has 0 aromatic rings. The molecule has 3 atom stereocenters. The Labute approximate surface area is 386 Å². The summed E-state index contributed by atoms with van der Waals surface area (Å²) in [6.07, 6.45) is 24.4. The number of nitrogens with one attached hydrogen (secondary N) is 3. The number of hydrogen-bond donors (Lipinski definition) is 7. The van der Waals surface area contributed by atoms with E-state index in [2.05, 4.69) is 28.6 Å². The molecule has 0 aliphatic heterocycles. The molecular formula is C47H93N5O12. The van der Waals surface area contributed by atoms with Gasteiger partial charge in [-0.3, -0.25) is 24.0 Å². The summed E-state index contributed by atoms with van der Waals surface area (Å²) in [5.74, 6) is -1.69. The van der Waals surface area contributed by atoms with E-state index in [1.54, 1.807) is 14.0 Å². The summed E-state index contributed by atoms with van der Waals surface area (Å²) >= 11 is 0. The molecule has 0 spiro atoms. The summed E-state index contributed by atoms with van der Waals surface area (Å²) in [5.41, 5.74) is 9.51. The predicted molar refractivity (Wildman–Crippen MR) is 252 cm³/mol. The van der Waals surface area contributed by atoms with E-state index < -0.39 is 24.0 Å². The SMILES string of the molecule is CCCCCCCCCCCCCCCC(=O)NC(CCCCCCOCCOCC(=O)NC)C(=O)O.CCCOCCOCC(=O)NCCCC[C@H](C)C(C)=O.NC(=O)[C@@H](N)CO. The van der Waals surface area contributed by atoms with Crippen molar-refractivity contribution in [3.63, 3.8) is 0 Å². The van der Waals surface area contributed by atoms with Crippen LogP contribution in [-0.4, -0.2) is 131 Å². The minimum atomic E-state index is -0.959. The molecule has 0 rings (SSSR count). The second kappa shape index (κ2) is 50.8. The van der Waals surface area contributed by atoms with Crippen LogP contribution in [0.2, 0.25) is 0 Å². The van der Waals surface area contributed by atoms with Crippen LogP contribution >= 0.6 is 0 Å². The Balaban J connectivity index is -0.00000114. The van der Waals surface area contributed by atoms with Crippen LogP contribution in [0.5, 0.6) is 0 Å². The molecule has 0 aromatic carbocycles. The number of aliphatic hydroxyl groups excluding tert-OH is 1. The normalized spacial score (nSPS) is 12.1. The highest BCUT2D eigenvalue weighted by Gasteiger charge is 2.19. The minimum absolute atomic E-state index is 0.0422. The summed E-state index contributed by atoms with van der Waals surface area (Å²) in [7, 11) is 1.57. The van der Waals surface area contributed by atoms with Crippen molar-refractivity contribution in [2.45, 2.75) is 187 Å². The number of carbonyl (C=O) groups excluding carboxylic acids is 5. The van der Waals surface area contributed by atoms with Crippen molar-refractivity contribution in [2.24, 2.45) is 17.4 Å². The van der Waals surface area contributed by atoms with E-state index in [9.17, 15) is 33.9 Å². The Morgan fingerprint density at radius 3 is 1.55 bits per heavy atom. The summed E-state index contributed by atoms with van der Waals surface area (Å²) in [6, 6.07) is -1.71. The van der Waals surface area contributed by atoms with Crippen LogP contribution in [0.3, 0.4) is 0 Å². The van der Waals surface area contributed by atoms with Gasteiger partial charge < -0.3 is 56.6 Å². The van der Waals surface area contributed by atoms with Crippen LogP contribution in [0.1, 0.15) is 175 Å². The fraction of sp³-hybridized carbons (Fsp3) is 0.872. The van der Waals surface area contributed by atoms with Crippen molar-refractivity contribution < 1.29 is 57.9 Å². The van der Waals surface area contributed by atoms with Gasteiger partial charge in [0.1, 0.15) is 31.1 Å². The molecule has 0 aliphatic carbocycles. The standard InChI is InChI=1S/C29H56N2O6.C15H29NO4.C3H8N2O2/c1-3-4-5-6-7-8-9-10-11-12-13-14-18-21-27(32)31-26(29(34)35)20-17-15-16-19-22-36-23-24-37-25-28(33)30-2;1-4-9-19-10-11-20-12-15(18)16-8-6-5-7-13(2)14(3)17;4-2(1-6)3(5)7/h26H,3-25H2,1-2H3,(H,30,33)(H,31,32)(H,34,35);13H,4-12H2,1-3H3,(H,16,18);2,6H,1,4H2,(H2,5,7)/t;13-;2-/m.00/s1. The number of aliphatic carboxylic acids is 1. The molecule has 0 saturated heterocycles. The van der Waals surface area contributed by atoms with Crippen LogP contribution in [0, 0.1) is 5.92 Å². The molecule has 0 heterocycles. The number of Topliss-reactive ketones (excluding diaryl/α,β-unsaturated/α-hetero) is 1. The molecular weight excluding hydrogens is 827 g/mol. The smallest absolute Gasteiger partial charge is 0.326 e. The number of ether oxygens (including phenoxy) is 4. The van der Waals surface area contributed by atoms with E-state index in [1.165, 1.54) is 64.2 Å². The first-order valence-electron chi connectivity index (χ1n) is 24.2. The fourth-order valence-corrected chi connectivity index (χ4v) is 5.87. The maximum absolute atomic E-state index is 12.2. The molecule has 0 saturated carbocycles. The Kier molecular flexibility index (Phi) is 51.6. The zero-order chi connectivity index (χ0) is 48.5. The molecule has 17 nitrogen and oxygen atoms in total. The third-order valence-electron chi connectivity index (χ3n) is 10.2. The first-order chi connectivity index (χ1) is 30.8. The number of unbranched alkanes of at least 4 members (excludes halogenated alkanes) is 16. The fourth-order valence-electron chi connectivity index (χ4n) is 5.87. The number of primary amides is 1. The van der Waals surface area contributed by atoms with Gasteiger partial charge in [0.05, 0.1) is 33.0 Å². The molecule has 64 heavy (non-hydrogen) atoms. The summed E-state index contributed by atoms with van der Waals surface area (Å²) < 4.78 is 21.0. The van der Waals surface area contributed by atoms with E-state index in [1.807, 2.05) is 13.8 Å². The van der Waals surface area contributed by atoms with E-state index in [0.717, 1.165) is 77.2 Å². The van der Waals surface area contributed by atoms with Crippen molar-refractivity contribution in [1.29, 1.82) is 0 Å². The minimum Gasteiger partial charge on any atom is -0.480 e. The second-order valence-electron chi connectivity index (χ2n) is 16.2. The number of nitrogens with two attached hydrogens (primary N) is 2. The molecule has 4 amide bonds. The zero-order valence-corrected chi connectivity index (χ0v) is 40.7. The van der Waals surface area contributed by atoms with Crippen molar-refractivity contribution >= 4 is 35.4 Å². The molecule has 378 valence electrons. The molecule has 0 fully saturated rings. The maximum Gasteiger partial charge on any atom is 0.326 e. The lowest BCUT2D eigenvalue weighted by molar-refractivity contribution is -0.142. The average Bonchev–Trinajstić information content (AvgIpc) is 3.27. The largest absolute Gasteiger partial charge is 0.480 e. The molecule has 9 N–H and O–H groups in total. The number of amides is 4. The van der Waals surface area contributed by atoms with Gasteiger partial charge >= 0.3 is 5.97 Å². The lowest BCUT2D eigenvalue weighted by Gasteiger charge is -2.14. The number of carboxylic acids is 1. The number of rotatable bonds is 43. The molecule has 0 aromatic heterocycles. The number of ketones is 1. The van der Waals surface area contributed by atoms with Gasteiger partial charge in [0, 0.05) is 39.1 Å². The Morgan fingerprint density at radius 2 is 1.06 bits per heavy atom. The lowest BCUT2D eigenvalue weighted by Crippen LogP contribution is -2.40. The topological polar surface area (TPSA) is 268 Å². The van der Waals surface area contributed by atoms with Crippen molar-refractivity contribution in [1.82, 2.24) is 16.0 Å². The Bertz CT molecular complexity index is 1130. The molecule has 0 radical (unpaired) electrons. The quantitative estimate of drug-likeness (QED) is 0.0373. The van der Waals surface area contributed by atoms with Gasteiger partial charge in [-0.15, -0.1) is 0 Å². The van der Waals surface area contributed by atoms with Gasteiger partial charge in [-0.1, -0.05) is 124 Å². The second-order valence-corrected chi connectivity index (χ2v) is 16.2. The van der Waals surface area contributed by atoms with Gasteiger partial charge in [-0.05, 0) is 45.4 Å². The highest BCUT2D eigenvalue weighted by Crippen LogP contribution is 2.13. The molecule has 17 heteroatoms. The average molecular weight is 920 g/mol. The number of likely N-dealkylation sites (N-methyl/N-ethyl adjacent to an activating group) is 1. The number of aliphatic hydroxyl groups is 1. The van der Waals surface area contributed by atoms with E-state index in [0.29, 0.717) is 52.4 Å². The van der Waals surface area contributed by atoms with Crippen molar-refractivity contribution in [3.05, 3.63) is 0 Å². The van der Waals surface area contributed by atoms with Crippen LogP contribution < -0.4 is 27.4 Å². The molecule has 0 aliphatic rings. The number of hydrogen-bond acceptors (Lipinski definition) is 12. The lowest BCUT2D eigenvalue weighted by atomic mass is 10.0. The summed E-state index contributed by atoms with van der Waals surface area (Å²) in [5, 5.41) is 25.5. The maximum atomic E-state index is 12.2. The Morgan fingerprint density at radius 1 is 0.578 bits per heavy atom. The van der Waals surface area contributed by atoms with Crippen LogP contribution in [0.4, 0.5) is 0 Å². The first-order valence-corrected chi connectivity index (χ1v) is 24.2. The van der Waals surface area contributed by atoms with Gasteiger partial charge in [-0.2, -0.15) is 0 Å². The summed E-state index contributed by atoms with van der Waals surface area (Å²) in [6.45, 7) is 11.4. The first kappa shape index (κ1) is 65.1. The number of carbonyl (C=O) groups is 6. The predicted octanol–water partition coefficient (Wildman–Crippen LogP) is 5.50. The van der Waals surface area contributed by atoms with E-state index in [-0.39, 0.29) is 49.2 Å². The van der Waals surface area contributed by atoms with Crippen molar-refractivity contribution in [3.8, 4) is 0 Å². The van der Waals surface area contributed by atoms with E-state index in [4.69, 9.17) is 29.8 Å². The third-order valence-corrected chi connectivity index (χ3v) is 10.2. The van der Waals surface area contributed by atoms with Crippen LogP contribution in [0.25, 0.3) is 0 Å². The highest BCUT2D eigenvalue weighted by atomic mass is 16.5. The van der Waals surface area contributed by atoms with Gasteiger partial charge in [0.2, 0.25) is 23.6 Å².